The molecule has 0 amide bonds. The van der Waals surface area contributed by atoms with Gasteiger partial charge in [0, 0.05) is 0 Å². The maximum atomic E-state index is 12.3. The molecular formula is C14H10N3O2-. The number of para-hydroxylation sites is 2. The minimum atomic E-state index is -0.583. The zero-order chi connectivity index (χ0) is 13.2. The van der Waals surface area contributed by atoms with Crippen LogP contribution in [-0.2, 0) is 0 Å². The molecule has 0 fully saturated rings. The lowest BCUT2D eigenvalue weighted by molar-refractivity contribution is -0.284. The van der Waals surface area contributed by atoms with Crippen molar-refractivity contribution in [2.24, 2.45) is 0 Å². The Morgan fingerprint density at radius 2 is 1.37 bits per heavy atom. The second kappa shape index (κ2) is 4.45. The predicted molar refractivity (Wildman–Crippen MR) is 68.6 cm³/mol. The van der Waals surface area contributed by atoms with E-state index in [9.17, 15) is 9.90 Å². The van der Waals surface area contributed by atoms with Gasteiger partial charge in [0.1, 0.15) is 0 Å². The minimum Gasteiger partial charge on any atom is -0.844 e. The summed E-state index contributed by atoms with van der Waals surface area (Å²) in [6.45, 7) is 0. The monoisotopic (exact) mass is 252 g/mol. The van der Waals surface area contributed by atoms with Gasteiger partial charge >= 0.3 is 5.69 Å². The molecule has 0 saturated carbocycles. The van der Waals surface area contributed by atoms with Gasteiger partial charge < -0.3 is 5.11 Å². The van der Waals surface area contributed by atoms with Gasteiger partial charge in [-0.3, -0.25) is 4.57 Å². The van der Waals surface area contributed by atoms with E-state index in [1.165, 1.54) is 0 Å². The zero-order valence-electron chi connectivity index (χ0n) is 9.93. The lowest BCUT2D eigenvalue weighted by Gasteiger charge is -2.06. The van der Waals surface area contributed by atoms with Gasteiger partial charge in [-0.1, -0.05) is 36.4 Å². The van der Waals surface area contributed by atoms with Crippen LogP contribution in [0.25, 0.3) is 11.4 Å². The Balaban J connectivity index is 2.20. The molecule has 0 unspecified atom stereocenters. The quantitative estimate of drug-likeness (QED) is 0.686. The second-order valence-corrected chi connectivity index (χ2v) is 3.98. The van der Waals surface area contributed by atoms with Crippen molar-refractivity contribution >= 4 is 0 Å². The van der Waals surface area contributed by atoms with Crippen LogP contribution in [0, 0.1) is 0 Å². The average Bonchev–Trinajstić information content (AvgIpc) is 2.76. The summed E-state index contributed by atoms with van der Waals surface area (Å²) in [7, 11) is 0. The number of nitrogens with zero attached hydrogens (tertiary/aromatic N) is 3. The Bertz CT molecular complexity index is 745. The molecule has 1 aromatic heterocycles. The van der Waals surface area contributed by atoms with Crippen molar-refractivity contribution in [3.8, 4) is 17.4 Å². The van der Waals surface area contributed by atoms with Crippen LogP contribution in [0.4, 0.5) is 0 Å². The Kier molecular flexibility index (Phi) is 2.64. The lowest BCUT2D eigenvalue weighted by atomic mass is 10.3. The maximum Gasteiger partial charge on any atom is 0.354 e. The van der Waals surface area contributed by atoms with Crippen LogP contribution in [0.15, 0.2) is 65.5 Å². The summed E-state index contributed by atoms with van der Waals surface area (Å²) in [5.74, 6) is 0. The van der Waals surface area contributed by atoms with Gasteiger partial charge in [0.05, 0.1) is 17.4 Å². The molecule has 0 aliphatic carbocycles. The van der Waals surface area contributed by atoms with E-state index >= 15 is 0 Å². The van der Waals surface area contributed by atoms with Crippen molar-refractivity contribution in [1.82, 2.24) is 14.3 Å². The number of benzene rings is 2. The molecule has 3 aromatic rings. The molecule has 0 bridgehead atoms. The molecule has 1 heterocycles. The molecule has 19 heavy (non-hydrogen) atoms. The van der Waals surface area contributed by atoms with Gasteiger partial charge in [0.2, 0.25) is 0 Å². The number of hydrogen-bond acceptors (Lipinski definition) is 3. The first-order valence-electron chi connectivity index (χ1n) is 5.77. The number of hydrogen-bond donors (Lipinski definition) is 0. The third-order valence-electron chi connectivity index (χ3n) is 2.76. The Morgan fingerprint density at radius 3 is 1.95 bits per heavy atom. The van der Waals surface area contributed by atoms with Crippen LogP contribution in [0.1, 0.15) is 0 Å². The van der Waals surface area contributed by atoms with E-state index < -0.39 is 11.7 Å². The molecule has 5 nitrogen and oxygen atoms in total. The van der Waals surface area contributed by atoms with Crippen LogP contribution >= 0.6 is 0 Å². The van der Waals surface area contributed by atoms with Gasteiger partial charge in [-0.05, 0) is 24.3 Å². The number of rotatable bonds is 2. The fourth-order valence-corrected chi connectivity index (χ4v) is 1.88. The fraction of sp³-hybridized carbons (Fsp3) is 0. The SMILES string of the molecule is O=c1n(-c2ccccc2)nc([O-])n1-c1ccccc1. The van der Waals surface area contributed by atoms with Gasteiger partial charge in [-0.2, -0.15) is 9.78 Å². The third-order valence-corrected chi connectivity index (χ3v) is 2.76. The first-order chi connectivity index (χ1) is 9.27. The van der Waals surface area contributed by atoms with Gasteiger partial charge in [-0.25, -0.2) is 4.79 Å². The van der Waals surface area contributed by atoms with E-state index in [-0.39, 0.29) is 0 Å². The highest BCUT2D eigenvalue weighted by Gasteiger charge is 2.09. The van der Waals surface area contributed by atoms with Crippen molar-refractivity contribution in [2.45, 2.75) is 0 Å². The highest BCUT2D eigenvalue weighted by molar-refractivity contribution is 5.35. The molecule has 0 atom stereocenters. The third kappa shape index (κ3) is 1.91. The molecule has 0 N–H and O–H groups in total. The molecule has 0 spiro atoms. The minimum absolute atomic E-state index is 0.470. The second-order valence-electron chi connectivity index (χ2n) is 3.98. The van der Waals surface area contributed by atoms with E-state index in [0.29, 0.717) is 11.4 Å². The van der Waals surface area contributed by atoms with Crippen LogP contribution in [0.3, 0.4) is 0 Å². The van der Waals surface area contributed by atoms with Gasteiger partial charge in [-0.15, -0.1) is 0 Å². The highest BCUT2D eigenvalue weighted by atomic mass is 16.3. The van der Waals surface area contributed by atoms with E-state index in [4.69, 9.17) is 0 Å². The Hall–Kier alpha value is -2.82. The first-order valence-corrected chi connectivity index (χ1v) is 5.77. The fourth-order valence-electron chi connectivity index (χ4n) is 1.88. The van der Waals surface area contributed by atoms with Gasteiger partial charge in [0.15, 0.2) is 0 Å². The summed E-state index contributed by atoms with van der Waals surface area (Å²) < 4.78 is 2.16. The standard InChI is InChI=1S/C14H11N3O2/c18-13-15-17(12-9-5-2-6-10-12)14(19)16(13)11-7-3-1-4-8-11/h1-10H,(H,15,18)/p-1. The first kappa shape index (κ1) is 11.3. The normalized spacial score (nSPS) is 10.5. The zero-order valence-corrected chi connectivity index (χ0v) is 9.93. The molecule has 0 aliphatic rings. The molecule has 0 aliphatic heterocycles. The van der Waals surface area contributed by atoms with Gasteiger partial charge in [0.25, 0.3) is 0 Å². The van der Waals surface area contributed by atoms with E-state index in [0.717, 1.165) is 9.25 Å². The van der Waals surface area contributed by atoms with Crippen molar-refractivity contribution in [3.63, 3.8) is 0 Å². The van der Waals surface area contributed by atoms with Crippen molar-refractivity contribution in [1.29, 1.82) is 0 Å². The van der Waals surface area contributed by atoms with E-state index in [1.807, 2.05) is 12.1 Å². The maximum absolute atomic E-state index is 12.3. The average molecular weight is 252 g/mol. The Morgan fingerprint density at radius 1 is 0.842 bits per heavy atom. The molecule has 94 valence electrons. The van der Waals surface area contributed by atoms with Crippen molar-refractivity contribution in [3.05, 3.63) is 71.1 Å². The largest absolute Gasteiger partial charge is 0.844 e. The van der Waals surface area contributed by atoms with Crippen LogP contribution in [0.5, 0.6) is 6.01 Å². The molecular weight excluding hydrogens is 242 g/mol. The molecule has 5 heteroatoms. The number of aromatic nitrogens is 3. The van der Waals surface area contributed by atoms with Crippen LogP contribution < -0.4 is 10.8 Å². The lowest BCUT2D eigenvalue weighted by Crippen LogP contribution is -2.23. The topological polar surface area (TPSA) is 62.9 Å². The summed E-state index contributed by atoms with van der Waals surface area (Å²) in [4.78, 5) is 12.3. The summed E-state index contributed by atoms with van der Waals surface area (Å²) in [6, 6.07) is 17.0. The summed E-state index contributed by atoms with van der Waals surface area (Å²) in [5.41, 5.74) is 0.612. The van der Waals surface area contributed by atoms with Crippen LogP contribution in [-0.4, -0.2) is 14.3 Å². The molecule has 0 saturated heterocycles. The van der Waals surface area contributed by atoms with Crippen molar-refractivity contribution < 1.29 is 5.11 Å². The van der Waals surface area contributed by atoms with E-state index in [1.54, 1.807) is 48.5 Å². The predicted octanol–water partition coefficient (Wildman–Crippen LogP) is 1.10. The highest BCUT2D eigenvalue weighted by Crippen LogP contribution is 2.11. The molecule has 2 aromatic carbocycles. The molecule has 0 radical (unpaired) electrons. The van der Waals surface area contributed by atoms with Crippen molar-refractivity contribution in [2.75, 3.05) is 0 Å². The van der Waals surface area contributed by atoms with E-state index in [2.05, 4.69) is 5.10 Å². The Labute approximate surface area is 109 Å². The smallest absolute Gasteiger partial charge is 0.354 e. The molecule has 3 rings (SSSR count). The summed E-state index contributed by atoms with van der Waals surface area (Å²) in [5, 5.41) is 15.6. The summed E-state index contributed by atoms with van der Waals surface area (Å²) >= 11 is 0. The van der Waals surface area contributed by atoms with Crippen LogP contribution in [0.2, 0.25) is 0 Å². The summed E-state index contributed by atoms with van der Waals surface area (Å²) in [6.07, 6.45) is 0.